The molecule has 7 heteroatoms. The van der Waals surface area contributed by atoms with E-state index in [1.807, 2.05) is 49.1 Å². The van der Waals surface area contributed by atoms with Gasteiger partial charge in [-0.15, -0.1) is 0 Å². The molecule has 2 saturated heterocycles. The van der Waals surface area contributed by atoms with E-state index in [1.54, 1.807) is 0 Å². The number of hydrogen-bond donors (Lipinski definition) is 0. The van der Waals surface area contributed by atoms with Gasteiger partial charge in [0, 0.05) is 32.1 Å². The molecule has 26 heavy (non-hydrogen) atoms. The van der Waals surface area contributed by atoms with Gasteiger partial charge in [-0.05, 0) is 32.3 Å². The smallest absolute Gasteiger partial charge is 0.225 e. The first-order valence-electron chi connectivity index (χ1n) is 9.31. The van der Waals surface area contributed by atoms with Crippen molar-refractivity contribution in [3.05, 3.63) is 35.9 Å². The minimum absolute atomic E-state index is 0.0107. The van der Waals surface area contributed by atoms with Crippen LogP contribution in [0.1, 0.15) is 32.3 Å². The van der Waals surface area contributed by atoms with E-state index in [1.165, 1.54) is 4.31 Å². The maximum absolute atomic E-state index is 12.8. The highest BCUT2D eigenvalue weighted by atomic mass is 32.2. The molecule has 2 aliphatic rings. The monoisotopic (exact) mass is 380 g/mol. The van der Waals surface area contributed by atoms with E-state index in [0.717, 1.165) is 18.4 Å². The van der Waals surface area contributed by atoms with Crippen molar-refractivity contribution in [3.63, 3.8) is 0 Å². The van der Waals surface area contributed by atoms with Crippen molar-refractivity contribution in [2.75, 3.05) is 26.2 Å². The maximum atomic E-state index is 12.8. The summed E-state index contributed by atoms with van der Waals surface area (Å²) in [5.74, 6) is 0.143. The third-order valence-corrected chi connectivity index (χ3v) is 7.03. The number of carbonyl (C=O) groups is 1. The van der Waals surface area contributed by atoms with E-state index < -0.39 is 10.0 Å². The molecule has 6 nitrogen and oxygen atoms in total. The largest absolute Gasteiger partial charge is 0.376 e. The molecule has 0 aromatic heterocycles. The van der Waals surface area contributed by atoms with E-state index in [4.69, 9.17) is 4.74 Å². The molecule has 0 aliphatic carbocycles. The van der Waals surface area contributed by atoms with Gasteiger partial charge in [-0.25, -0.2) is 8.42 Å². The van der Waals surface area contributed by atoms with Crippen LogP contribution in [0.3, 0.4) is 0 Å². The summed E-state index contributed by atoms with van der Waals surface area (Å²) < 4.78 is 32.5. The zero-order valence-electron chi connectivity index (χ0n) is 15.5. The Hall–Kier alpha value is -1.44. The van der Waals surface area contributed by atoms with Crippen LogP contribution in [0.25, 0.3) is 0 Å². The number of sulfonamides is 1. The van der Waals surface area contributed by atoms with Crippen molar-refractivity contribution in [1.82, 2.24) is 9.21 Å². The second kappa shape index (κ2) is 8.06. The molecule has 0 bridgehead atoms. The van der Waals surface area contributed by atoms with E-state index in [-0.39, 0.29) is 29.8 Å². The molecular weight excluding hydrogens is 352 g/mol. The zero-order valence-corrected chi connectivity index (χ0v) is 16.3. The van der Waals surface area contributed by atoms with Crippen LogP contribution in [-0.4, -0.2) is 61.9 Å². The number of rotatable bonds is 4. The fourth-order valence-corrected chi connectivity index (χ4v) is 5.44. The Morgan fingerprint density at radius 3 is 2.19 bits per heavy atom. The Labute approximate surface area is 156 Å². The van der Waals surface area contributed by atoms with Crippen molar-refractivity contribution in [3.8, 4) is 0 Å². The fraction of sp³-hybridized carbons (Fsp3) is 0.632. The highest BCUT2D eigenvalue weighted by molar-refractivity contribution is 7.88. The lowest BCUT2D eigenvalue weighted by Crippen LogP contribution is -2.53. The Kier molecular flexibility index (Phi) is 5.99. The van der Waals surface area contributed by atoms with Gasteiger partial charge in [0.25, 0.3) is 0 Å². The minimum Gasteiger partial charge on any atom is -0.376 e. The summed E-state index contributed by atoms with van der Waals surface area (Å²) in [7, 11) is -3.35. The fourth-order valence-electron chi connectivity index (χ4n) is 3.93. The predicted octanol–water partition coefficient (Wildman–Crippen LogP) is 1.86. The van der Waals surface area contributed by atoms with Crippen LogP contribution < -0.4 is 0 Å². The highest BCUT2D eigenvalue weighted by Crippen LogP contribution is 2.27. The van der Waals surface area contributed by atoms with Crippen LogP contribution in [-0.2, 0) is 25.3 Å². The van der Waals surface area contributed by atoms with Gasteiger partial charge < -0.3 is 9.64 Å². The number of piperazine rings is 1. The molecule has 2 aliphatic heterocycles. The molecule has 2 atom stereocenters. The second-order valence-corrected chi connectivity index (χ2v) is 9.36. The normalized spacial score (nSPS) is 28.1. The van der Waals surface area contributed by atoms with Crippen LogP contribution in [0.2, 0.25) is 0 Å². The highest BCUT2D eigenvalue weighted by Gasteiger charge is 2.35. The van der Waals surface area contributed by atoms with Crippen LogP contribution >= 0.6 is 0 Å². The summed E-state index contributed by atoms with van der Waals surface area (Å²) in [6, 6.07) is 9.21. The summed E-state index contributed by atoms with van der Waals surface area (Å²) in [5, 5.41) is 0. The number of benzene rings is 1. The summed E-state index contributed by atoms with van der Waals surface area (Å²) in [4.78, 5) is 14.6. The molecule has 2 heterocycles. The standard InChI is InChI=1S/C19H28N2O4S/c1-15-12-18(13-16(2)25-15)19(22)20-8-10-21(11-9-20)26(23,24)14-17-6-4-3-5-7-17/h3-7,15-16,18H,8-14H2,1-2H3/t15-,16-/m1/s1. The van der Waals surface area contributed by atoms with Crippen LogP contribution in [0.15, 0.2) is 30.3 Å². The van der Waals surface area contributed by atoms with E-state index in [9.17, 15) is 13.2 Å². The van der Waals surface area contributed by atoms with Crippen LogP contribution in [0.4, 0.5) is 0 Å². The summed E-state index contributed by atoms with van der Waals surface area (Å²) >= 11 is 0. The van der Waals surface area contributed by atoms with E-state index >= 15 is 0 Å². The maximum Gasteiger partial charge on any atom is 0.225 e. The zero-order chi connectivity index (χ0) is 18.7. The Morgan fingerprint density at radius 2 is 1.62 bits per heavy atom. The van der Waals surface area contributed by atoms with Gasteiger partial charge in [0.05, 0.1) is 18.0 Å². The van der Waals surface area contributed by atoms with Gasteiger partial charge in [0.15, 0.2) is 0 Å². The first-order chi connectivity index (χ1) is 12.3. The molecule has 0 saturated carbocycles. The van der Waals surface area contributed by atoms with Crippen LogP contribution in [0, 0.1) is 5.92 Å². The minimum atomic E-state index is -3.35. The molecule has 2 fully saturated rings. The Morgan fingerprint density at radius 1 is 1.04 bits per heavy atom. The molecule has 1 aromatic carbocycles. The Bertz CT molecular complexity index is 704. The SMILES string of the molecule is C[C@@H]1CC(C(=O)N2CCN(S(=O)(=O)Cc3ccccc3)CC2)C[C@@H](C)O1. The molecule has 1 amide bonds. The van der Waals surface area contributed by atoms with Crippen molar-refractivity contribution < 1.29 is 17.9 Å². The van der Waals surface area contributed by atoms with Crippen LogP contribution in [0.5, 0.6) is 0 Å². The number of ether oxygens (including phenoxy) is 1. The quantitative estimate of drug-likeness (QED) is 0.800. The lowest BCUT2D eigenvalue weighted by atomic mass is 9.91. The van der Waals surface area contributed by atoms with Gasteiger partial charge in [-0.2, -0.15) is 4.31 Å². The summed E-state index contributed by atoms with van der Waals surface area (Å²) in [6.45, 7) is 5.68. The number of carbonyl (C=O) groups excluding carboxylic acids is 1. The van der Waals surface area contributed by atoms with Gasteiger partial charge in [-0.3, -0.25) is 4.79 Å². The second-order valence-electron chi connectivity index (χ2n) is 7.39. The first-order valence-corrected chi connectivity index (χ1v) is 10.9. The molecule has 1 aromatic rings. The van der Waals surface area contributed by atoms with Crippen molar-refractivity contribution in [2.24, 2.45) is 5.92 Å². The molecule has 3 rings (SSSR count). The number of nitrogens with zero attached hydrogens (tertiary/aromatic N) is 2. The van der Waals surface area contributed by atoms with E-state index in [0.29, 0.717) is 26.2 Å². The van der Waals surface area contributed by atoms with Gasteiger partial charge in [0.1, 0.15) is 0 Å². The summed E-state index contributed by atoms with van der Waals surface area (Å²) in [5.41, 5.74) is 0.788. The summed E-state index contributed by atoms with van der Waals surface area (Å²) in [6.07, 6.45) is 1.69. The predicted molar refractivity (Wildman–Crippen MR) is 100.0 cm³/mol. The molecule has 0 unspecified atom stereocenters. The van der Waals surface area contributed by atoms with Crippen molar-refractivity contribution in [2.45, 2.75) is 44.6 Å². The van der Waals surface area contributed by atoms with Gasteiger partial charge >= 0.3 is 0 Å². The van der Waals surface area contributed by atoms with Crippen molar-refractivity contribution >= 4 is 15.9 Å². The average molecular weight is 381 g/mol. The van der Waals surface area contributed by atoms with Gasteiger partial charge in [0.2, 0.25) is 15.9 Å². The third kappa shape index (κ3) is 4.64. The van der Waals surface area contributed by atoms with Crippen molar-refractivity contribution in [1.29, 1.82) is 0 Å². The molecule has 0 spiro atoms. The molecule has 0 N–H and O–H groups in total. The molecule has 0 radical (unpaired) electrons. The van der Waals surface area contributed by atoms with Gasteiger partial charge in [-0.1, -0.05) is 30.3 Å². The average Bonchev–Trinajstić information content (AvgIpc) is 2.61. The number of hydrogen-bond acceptors (Lipinski definition) is 4. The Balaban J connectivity index is 1.56. The van der Waals surface area contributed by atoms with E-state index in [2.05, 4.69) is 0 Å². The molecular formula is C19H28N2O4S. The number of amides is 1. The first kappa shape index (κ1) is 19.3. The lowest BCUT2D eigenvalue weighted by molar-refractivity contribution is -0.144. The topological polar surface area (TPSA) is 66.9 Å². The lowest BCUT2D eigenvalue weighted by Gasteiger charge is -2.38. The molecule has 144 valence electrons. The third-order valence-electron chi connectivity index (χ3n) is 5.18.